The van der Waals surface area contributed by atoms with Crippen molar-refractivity contribution in [3.05, 3.63) is 34.9 Å². The zero-order valence-corrected chi connectivity index (χ0v) is 12.7. The van der Waals surface area contributed by atoms with Crippen molar-refractivity contribution in [2.75, 3.05) is 0 Å². The van der Waals surface area contributed by atoms with Gasteiger partial charge in [-0.05, 0) is 63.9 Å². The molecule has 1 heterocycles. The highest BCUT2D eigenvalue weighted by atomic mass is 16.5. The zero-order chi connectivity index (χ0) is 33.2. The highest BCUT2D eigenvalue weighted by Crippen LogP contribution is 2.53. The Balaban J connectivity index is 2.43. The lowest BCUT2D eigenvalue weighted by atomic mass is 9.68. The van der Waals surface area contributed by atoms with Gasteiger partial charge in [0.25, 0.3) is 0 Å². The van der Waals surface area contributed by atoms with E-state index in [9.17, 15) is 6.48 Å². The van der Waals surface area contributed by atoms with Crippen LogP contribution in [-0.2, 0) is 6.37 Å². The van der Waals surface area contributed by atoms with E-state index in [0.29, 0.717) is 0 Å². The van der Waals surface area contributed by atoms with Gasteiger partial charge in [-0.1, -0.05) is 31.2 Å². The summed E-state index contributed by atoms with van der Waals surface area (Å²) in [5.41, 5.74) is -4.28. The molecule has 1 aliphatic carbocycles. The predicted octanol–water partition coefficient (Wildman–Crippen LogP) is 5.74. The van der Waals surface area contributed by atoms with Gasteiger partial charge in [0.15, 0.2) is 0 Å². The summed E-state index contributed by atoms with van der Waals surface area (Å²) in [6, 6.07) is -2.46. The number of benzene rings is 1. The normalized spacial score (nSPS) is 46.3. The van der Waals surface area contributed by atoms with Gasteiger partial charge < -0.3 is 9.84 Å². The minimum Gasteiger partial charge on any atom is -0.507 e. The third-order valence-electron chi connectivity index (χ3n) is 3.76. The molecule has 0 saturated heterocycles. The highest BCUT2D eigenvalue weighted by Gasteiger charge is 2.45. The molecule has 1 aromatic carbocycles. The van der Waals surface area contributed by atoms with E-state index in [1.165, 1.54) is 13.8 Å². The van der Waals surface area contributed by atoms with Crippen LogP contribution in [0, 0.1) is 5.89 Å². The standard InChI is InChI=1S/C21H30O2/c1-5-6-7-8-15-12-18(22)20-16-11-14(2)9-10-17(16)21(3,4)23-19(20)13-15/h11-13,16-17,22H,5-10H2,1-4H3/t16-,17-/m1/s1/i1D3,2D3,5D2,6D2,7D2,8D2,10D2,12D,13D,17D. The van der Waals surface area contributed by atoms with Crippen LogP contribution in [0.15, 0.2) is 23.7 Å². The van der Waals surface area contributed by atoms with E-state index < -0.39 is 110 Å². The second-order valence-electron chi connectivity index (χ2n) is 5.77. The first-order valence-corrected chi connectivity index (χ1v) is 7.04. The first-order chi connectivity index (χ1) is 18.3. The van der Waals surface area contributed by atoms with Gasteiger partial charge in [0.05, 0.1) is 2.74 Å². The Morgan fingerprint density at radius 2 is 2.39 bits per heavy atom. The van der Waals surface area contributed by atoms with Crippen LogP contribution >= 0.6 is 0 Å². The molecule has 1 aliphatic heterocycles. The summed E-state index contributed by atoms with van der Waals surface area (Å²) in [4.78, 5) is 0. The average Bonchev–Trinajstić information content (AvgIpc) is 2.77. The summed E-state index contributed by atoms with van der Waals surface area (Å²) in [6.45, 7) is -4.13. The van der Waals surface area contributed by atoms with Gasteiger partial charge in [-0.2, -0.15) is 0 Å². The molecule has 2 atom stereocenters. The number of hydrogen-bond donors (Lipinski definition) is 1. The number of phenols is 1. The van der Waals surface area contributed by atoms with Gasteiger partial charge >= 0.3 is 0 Å². The van der Waals surface area contributed by atoms with Gasteiger partial charge in [0.1, 0.15) is 17.1 Å². The Hall–Kier alpha value is -1.44. The Morgan fingerprint density at radius 3 is 3.17 bits per heavy atom. The van der Waals surface area contributed by atoms with Crippen LogP contribution in [0.1, 0.15) is 103 Å². The van der Waals surface area contributed by atoms with E-state index in [1.54, 1.807) is 0 Å². The summed E-state index contributed by atoms with van der Waals surface area (Å²) in [5.74, 6) is -6.03. The molecule has 0 amide bonds. The molecule has 23 heavy (non-hydrogen) atoms. The SMILES string of the molecule is [2H]c1c(O)c2c(c([2H])c1C([2H])([2H])C([2H])([2H])C([2H])([2H])C([2H])([2H])C([2H])([2H])[2H])OC(C)(C)[C@@]1([2H])[C@H]2C=C(C([2H])([2H])[2H])CC1([2H])[2H]. The molecule has 0 bridgehead atoms. The minimum absolute atomic E-state index is 0.419. The summed E-state index contributed by atoms with van der Waals surface area (Å²) in [7, 11) is 0. The Bertz CT molecular complexity index is 1320. The smallest absolute Gasteiger partial charge is 0.127 e. The molecule has 1 N–H and O–H groups in total. The van der Waals surface area contributed by atoms with Crippen LogP contribution in [0.25, 0.3) is 0 Å². The van der Waals surface area contributed by atoms with E-state index >= 15 is 0 Å². The van der Waals surface area contributed by atoms with Gasteiger partial charge in [-0.15, -0.1) is 0 Å². The summed E-state index contributed by atoms with van der Waals surface area (Å²) < 4.78 is 160. The molecule has 0 radical (unpaired) electrons. The van der Waals surface area contributed by atoms with E-state index in [0.717, 1.165) is 6.08 Å². The lowest BCUT2D eigenvalue weighted by Crippen LogP contribution is -2.45. The van der Waals surface area contributed by atoms with E-state index in [2.05, 4.69) is 0 Å². The molecular weight excluding hydrogens is 284 g/mol. The van der Waals surface area contributed by atoms with Crippen molar-refractivity contribution in [1.82, 2.24) is 0 Å². The summed E-state index contributed by atoms with van der Waals surface area (Å²) in [5, 5.41) is 11.2. The number of phenolic OH excluding ortho intramolecular Hbond substituents is 1. The number of ether oxygens (including phenoxy) is 1. The van der Waals surface area contributed by atoms with Crippen molar-refractivity contribution in [3.8, 4) is 11.5 Å². The predicted molar refractivity (Wildman–Crippen MR) is 95.3 cm³/mol. The summed E-state index contributed by atoms with van der Waals surface area (Å²) >= 11 is 0. The molecule has 2 aliphatic rings. The molecule has 2 heteroatoms. The van der Waals surface area contributed by atoms with Crippen LogP contribution in [0.3, 0.4) is 0 Å². The Morgan fingerprint density at radius 1 is 1.52 bits per heavy atom. The fourth-order valence-electron chi connectivity index (χ4n) is 2.83. The second-order valence-corrected chi connectivity index (χ2v) is 5.77. The Kier molecular flexibility index (Phi) is 1.36. The maximum absolute atomic E-state index is 11.2. The zero-order valence-electron chi connectivity index (χ0n) is 31.7. The van der Waals surface area contributed by atoms with E-state index in [-0.39, 0.29) is 0 Å². The fraction of sp³-hybridized carbons (Fsp3) is 0.619. The quantitative estimate of drug-likeness (QED) is 0.712. The van der Waals surface area contributed by atoms with Gasteiger partial charge in [0, 0.05) is 40.7 Å². The average molecular weight is 334 g/mol. The van der Waals surface area contributed by atoms with Crippen LogP contribution in [0.4, 0.5) is 0 Å². The van der Waals surface area contributed by atoms with Crippen molar-refractivity contribution in [2.45, 2.75) is 77.4 Å². The van der Waals surface area contributed by atoms with Crippen molar-refractivity contribution < 1.29 is 35.9 Å². The maximum atomic E-state index is 11.2. The van der Waals surface area contributed by atoms with Crippen LogP contribution in [0.2, 0.25) is 0 Å². The molecule has 0 saturated carbocycles. The van der Waals surface area contributed by atoms with Crippen LogP contribution < -0.4 is 4.74 Å². The van der Waals surface area contributed by atoms with Crippen molar-refractivity contribution in [2.24, 2.45) is 5.89 Å². The molecule has 3 rings (SSSR count). The third kappa shape index (κ3) is 3.13. The summed E-state index contributed by atoms with van der Waals surface area (Å²) in [6.07, 6.45) is -18.4. The molecule has 126 valence electrons. The first kappa shape index (κ1) is 5.03. The molecule has 0 aromatic heterocycles. The second kappa shape index (κ2) is 6.22. The van der Waals surface area contributed by atoms with Crippen molar-refractivity contribution in [3.63, 3.8) is 0 Å². The number of hydrogen-bond acceptors (Lipinski definition) is 2. The van der Waals surface area contributed by atoms with E-state index in [1.807, 2.05) is 0 Å². The molecule has 0 unspecified atom stereocenters. The topological polar surface area (TPSA) is 29.5 Å². The fourth-order valence-corrected chi connectivity index (χ4v) is 2.83. The maximum Gasteiger partial charge on any atom is 0.127 e. The van der Waals surface area contributed by atoms with Crippen molar-refractivity contribution in [1.29, 1.82) is 0 Å². The Labute approximate surface area is 167 Å². The van der Waals surface area contributed by atoms with Crippen molar-refractivity contribution >= 4 is 0 Å². The first-order valence-electron chi connectivity index (χ1n) is 16.5. The van der Waals surface area contributed by atoms with Crippen LogP contribution in [0.5, 0.6) is 11.5 Å². The number of rotatable bonds is 4. The minimum atomic E-state index is -4.12. The highest BCUT2D eigenvalue weighted by molar-refractivity contribution is 5.53. The largest absolute Gasteiger partial charge is 0.507 e. The molecule has 0 fully saturated rings. The number of fused-ring (bicyclic) bond motifs is 3. The van der Waals surface area contributed by atoms with Gasteiger partial charge in [-0.3, -0.25) is 0 Å². The molecule has 2 nitrogen and oxygen atoms in total. The molecule has 0 spiro atoms. The van der Waals surface area contributed by atoms with E-state index in [4.69, 9.17) is 29.4 Å². The lowest BCUT2D eigenvalue weighted by molar-refractivity contribution is 0.0107. The number of allylic oxidation sites excluding steroid dienone is 2. The molecule has 1 aromatic rings. The van der Waals surface area contributed by atoms with Gasteiger partial charge in [-0.25, -0.2) is 0 Å². The van der Waals surface area contributed by atoms with Crippen LogP contribution in [-0.4, -0.2) is 10.7 Å². The monoisotopic (exact) mass is 333 g/mol. The molecular formula is C21H30O2. The lowest BCUT2D eigenvalue weighted by Gasteiger charge is -2.46. The third-order valence-corrected chi connectivity index (χ3v) is 3.76. The number of aromatic hydroxyl groups is 1. The van der Waals surface area contributed by atoms with Gasteiger partial charge in [0.2, 0.25) is 0 Å².